The average Bonchev–Trinajstić information content (AvgIpc) is 3.18. The predicted octanol–water partition coefficient (Wildman–Crippen LogP) is 1.90. The number of aromatic nitrogens is 2. The number of hydrogen-bond acceptors (Lipinski definition) is 6. The number of imide groups is 1. The Labute approximate surface area is 203 Å². The average molecular weight is 484 g/mol. The Bertz CT molecular complexity index is 1240. The Kier molecular flexibility index (Phi) is 5.74. The zero-order valence-corrected chi connectivity index (χ0v) is 20.7. The summed E-state index contributed by atoms with van der Waals surface area (Å²) in [7, 11) is 1.72. The molecule has 0 saturated carbocycles. The minimum atomic E-state index is -0.702. The summed E-state index contributed by atoms with van der Waals surface area (Å²) >= 11 is 0. The molecule has 0 spiro atoms. The summed E-state index contributed by atoms with van der Waals surface area (Å²) in [4.78, 5) is 54.4. The quantitative estimate of drug-likeness (QED) is 0.669. The molecule has 3 fully saturated rings. The molecule has 10 heteroatoms. The SMILES string of the molecule is Cn1c(=O)n(C2CCC(=O)NC2=O)c2cccc(CN3C[C@H]4CC[C@@H](C3)N4C(=O)OC(C)(C)C)c21. The number of nitrogens with zero attached hydrogens (tertiary/aromatic N) is 4. The number of benzene rings is 1. The fourth-order valence-corrected chi connectivity index (χ4v) is 5.85. The zero-order chi connectivity index (χ0) is 25.1. The van der Waals surface area contributed by atoms with E-state index >= 15 is 0 Å². The molecule has 1 aromatic carbocycles. The molecule has 4 heterocycles. The normalized spacial score (nSPS) is 25.3. The number of rotatable bonds is 3. The number of carbonyl (C=O) groups is 3. The lowest BCUT2D eigenvalue weighted by Gasteiger charge is -2.41. The highest BCUT2D eigenvalue weighted by molar-refractivity contribution is 6.00. The van der Waals surface area contributed by atoms with Crippen molar-refractivity contribution in [1.82, 2.24) is 24.3 Å². The molecule has 0 aliphatic carbocycles. The first kappa shape index (κ1) is 23.6. The second kappa shape index (κ2) is 8.51. The Morgan fingerprint density at radius 3 is 2.40 bits per heavy atom. The topological polar surface area (TPSA) is 106 Å². The van der Waals surface area contributed by atoms with Gasteiger partial charge in [0.1, 0.15) is 11.6 Å². The molecule has 1 N–H and O–H groups in total. The van der Waals surface area contributed by atoms with Crippen molar-refractivity contribution in [3.8, 4) is 0 Å². The first-order valence-corrected chi connectivity index (χ1v) is 12.3. The number of ether oxygens (including phenoxy) is 1. The van der Waals surface area contributed by atoms with E-state index in [1.165, 1.54) is 4.57 Å². The maximum Gasteiger partial charge on any atom is 0.410 e. The van der Waals surface area contributed by atoms with Crippen molar-refractivity contribution >= 4 is 28.9 Å². The van der Waals surface area contributed by atoms with Crippen molar-refractivity contribution in [2.75, 3.05) is 13.1 Å². The second-order valence-electron chi connectivity index (χ2n) is 10.9. The van der Waals surface area contributed by atoms with Crippen LogP contribution in [0.5, 0.6) is 0 Å². The fourth-order valence-electron chi connectivity index (χ4n) is 5.85. The molecule has 3 aliphatic heterocycles. The number of amides is 3. The van der Waals surface area contributed by atoms with Gasteiger partial charge in [0.2, 0.25) is 11.8 Å². The fraction of sp³-hybridized carbons (Fsp3) is 0.600. The molecule has 2 bridgehead atoms. The van der Waals surface area contributed by atoms with Crippen LogP contribution in [0.4, 0.5) is 4.79 Å². The molecular weight excluding hydrogens is 450 g/mol. The number of piperazine rings is 1. The zero-order valence-electron chi connectivity index (χ0n) is 20.7. The minimum absolute atomic E-state index is 0.111. The summed E-state index contributed by atoms with van der Waals surface area (Å²) in [6, 6.07) is 5.30. The number of carbonyl (C=O) groups excluding carboxylic acids is 3. The third-order valence-corrected chi connectivity index (χ3v) is 7.26. The Balaban J connectivity index is 1.40. The van der Waals surface area contributed by atoms with E-state index < -0.39 is 17.6 Å². The van der Waals surface area contributed by atoms with Crippen molar-refractivity contribution in [1.29, 1.82) is 0 Å². The Hall–Kier alpha value is -3.14. The van der Waals surface area contributed by atoms with Crippen molar-refractivity contribution in [3.63, 3.8) is 0 Å². The largest absolute Gasteiger partial charge is 0.444 e. The van der Waals surface area contributed by atoms with Crippen LogP contribution >= 0.6 is 0 Å². The van der Waals surface area contributed by atoms with Crippen LogP contribution in [0.25, 0.3) is 11.0 Å². The van der Waals surface area contributed by atoms with Crippen LogP contribution in [-0.2, 0) is 27.9 Å². The minimum Gasteiger partial charge on any atom is -0.444 e. The number of imidazole rings is 1. The highest BCUT2D eigenvalue weighted by atomic mass is 16.6. The monoisotopic (exact) mass is 483 g/mol. The molecule has 35 heavy (non-hydrogen) atoms. The molecule has 10 nitrogen and oxygen atoms in total. The van der Waals surface area contributed by atoms with Gasteiger partial charge in [-0.3, -0.25) is 33.8 Å². The smallest absolute Gasteiger partial charge is 0.410 e. The van der Waals surface area contributed by atoms with Crippen LogP contribution in [0.3, 0.4) is 0 Å². The van der Waals surface area contributed by atoms with E-state index in [-0.39, 0.29) is 36.2 Å². The lowest BCUT2D eigenvalue weighted by Crippen LogP contribution is -2.56. The van der Waals surface area contributed by atoms with Gasteiger partial charge in [0.25, 0.3) is 0 Å². The third-order valence-electron chi connectivity index (χ3n) is 7.26. The number of fused-ring (bicyclic) bond motifs is 3. The number of likely N-dealkylation sites (tertiary alicyclic amines) is 1. The Morgan fingerprint density at radius 1 is 1.09 bits per heavy atom. The van der Waals surface area contributed by atoms with Gasteiger partial charge in [0, 0.05) is 45.2 Å². The maximum atomic E-state index is 13.2. The number of piperidine rings is 1. The molecular formula is C25H33N5O5. The molecule has 2 aromatic rings. The van der Waals surface area contributed by atoms with Crippen LogP contribution in [-0.4, -0.2) is 67.6 Å². The highest BCUT2D eigenvalue weighted by Gasteiger charge is 2.44. The molecule has 3 atom stereocenters. The van der Waals surface area contributed by atoms with E-state index in [4.69, 9.17) is 4.74 Å². The number of hydrogen-bond donors (Lipinski definition) is 1. The lowest BCUT2D eigenvalue weighted by molar-refractivity contribution is -0.135. The van der Waals surface area contributed by atoms with Crippen LogP contribution in [0.15, 0.2) is 23.0 Å². The van der Waals surface area contributed by atoms with E-state index in [9.17, 15) is 19.2 Å². The molecule has 5 rings (SSSR count). The van der Waals surface area contributed by atoms with Crippen LogP contribution in [0.1, 0.15) is 58.1 Å². The van der Waals surface area contributed by atoms with Crippen molar-refractivity contribution in [3.05, 3.63) is 34.2 Å². The Morgan fingerprint density at radius 2 is 1.77 bits per heavy atom. The molecule has 3 aliphatic rings. The van der Waals surface area contributed by atoms with Gasteiger partial charge in [-0.25, -0.2) is 9.59 Å². The van der Waals surface area contributed by atoms with Gasteiger partial charge in [-0.15, -0.1) is 0 Å². The first-order chi connectivity index (χ1) is 16.5. The van der Waals surface area contributed by atoms with Crippen LogP contribution < -0.4 is 11.0 Å². The van der Waals surface area contributed by atoms with E-state index in [0.717, 1.165) is 37.0 Å². The number of para-hydroxylation sites is 1. The van der Waals surface area contributed by atoms with Crippen LogP contribution in [0, 0.1) is 0 Å². The third kappa shape index (κ3) is 4.24. The second-order valence-corrected chi connectivity index (χ2v) is 10.9. The van der Waals surface area contributed by atoms with Crippen molar-refractivity contribution in [2.45, 2.75) is 76.7 Å². The predicted molar refractivity (Wildman–Crippen MR) is 129 cm³/mol. The summed E-state index contributed by atoms with van der Waals surface area (Å²) in [5.74, 6) is -0.739. The summed E-state index contributed by atoms with van der Waals surface area (Å²) in [5, 5.41) is 2.36. The standard InChI is InChI=1S/C25H33N5O5/c1-25(2,3)35-24(34)29-16-8-9-17(29)14-28(13-16)12-15-6-5-7-18-21(15)27(4)23(33)30(18)19-10-11-20(31)26-22(19)32/h5-7,16-17,19H,8-14H2,1-4H3,(H,26,31,32)/t16-,17+,19?. The molecule has 3 saturated heterocycles. The molecule has 3 amide bonds. The van der Waals surface area contributed by atoms with Gasteiger partial charge in [-0.2, -0.15) is 0 Å². The van der Waals surface area contributed by atoms with E-state index in [0.29, 0.717) is 18.5 Å². The van der Waals surface area contributed by atoms with E-state index in [1.54, 1.807) is 11.6 Å². The summed E-state index contributed by atoms with van der Waals surface area (Å²) in [5.41, 5.74) is 1.70. The van der Waals surface area contributed by atoms with Crippen molar-refractivity contribution in [2.24, 2.45) is 7.05 Å². The van der Waals surface area contributed by atoms with Gasteiger partial charge in [-0.05, 0) is 51.7 Å². The first-order valence-electron chi connectivity index (χ1n) is 12.3. The van der Waals surface area contributed by atoms with Gasteiger partial charge in [0.15, 0.2) is 0 Å². The lowest BCUT2D eigenvalue weighted by atomic mass is 10.1. The van der Waals surface area contributed by atoms with Crippen molar-refractivity contribution < 1.29 is 19.1 Å². The van der Waals surface area contributed by atoms with Gasteiger partial charge in [-0.1, -0.05) is 12.1 Å². The molecule has 188 valence electrons. The molecule has 1 unspecified atom stereocenters. The number of nitrogens with one attached hydrogen (secondary N) is 1. The van der Waals surface area contributed by atoms with Gasteiger partial charge < -0.3 is 4.74 Å². The highest BCUT2D eigenvalue weighted by Crippen LogP contribution is 2.33. The molecule has 1 aromatic heterocycles. The molecule has 0 radical (unpaired) electrons. The van der Waals surface area contributed by atoms with Crippen LogP contribution in [0.2, 0.25) is 0 Å². The van der Waals surface area contributed by atoms with E-state index in [2.05, 4.69) is 10.2 Å². The summed E-state index contributed by atoms with van der Waals surface area (Å²) in [6.07, 6.45) is 2.19. The maximum absolute atomic E-state index is 13.2. The van der Waals surface area contributed by atoms with Gasteiger partial charge in [0.05, 0.1) is 11.0 Å². The summed E-state index contributed by atoms with van der Waals surface area (Å²) in [6.45, 7) is 7.78. The summed E-state index contributed by atoms with van der Waals surface area (Å²) < 4.78 is 8.76. The van der Waals surface area contributed by atoms with E-state index in [1.807, 2.05) is 43.9 Å². The number of aryl methyl sites for hydroxylation is 1. The van der Waals surface area contributed by atoms with Gasteiger partial charge >= 0.3 is 11.8 Å².